The summed E-state index contributed by atoms with van der Waals surface area (Å²) in [5.41, 5.74) is 0.827. The maximum Gasteiger partial charge on any atom is 0.220 e. The summed E-state index contributed by atoms with van der Waals surface area (Å²) >= 11 is 6.26. The highest BCUT2D eigenvalue weighted by Crippen LogP contribution is 2.39. The summed E-state index contributed by atoms with van der Waals surface area (Å²) in [6.07, 6.45) is 2.16. The maximum atomic E-state index is 11.7. The monoisotopic (exact) mass is 311 g/mol. The zero-order valence-electron chi connectivity index (χ0n) is 13.0. The first-order chi connectivity index (χ1) is 9.91. The van der Waals surface area contributed by atoms with Gasteiger partial charge in [-0.3, -0.25) is 4.79 Å². The molecule has 0 spiro atoms. The highest BCUT2D eigenvalue weighted by atomic mass is 35.5. The molecule has 1 atom stereocenters. The predicted molar refractivity (Wildman–Crippen MR) is 83.2 cm³/mol. The quantitative estimate of drug-likeness (QED) is 0.908. The smallest absolute Gasteiger partial charge is 0.220 e. The largest absolute Gasteiger partial charge is 0.493 e. The summed E-state index contributed by atoms with van der Waals surface area (Å²) in [6, 6.07) is 3.82. The van der Waals surface area contributed by atoms with Crippen LogP contribution in [0, 0.1) is 5.92 Å². The van der Waals surface area contributed by atoms with Crippen molar-refractivity contribution in [1.82, 2.24) is 5.32 Å². The van der Waals surface area contributed by atoms with Crippen LogP contribution >= 0.6 is 11.6 Å². The van der Waals surface area contributed by atoms with Gasteiger partial charge in [0.2, 0.25) is 5.91 Å². The molecule has 1 saturated heterocycles. The molecule has 1 N–H and O–H groups in total. The van der Waals surface area contributed by atoms with Crippen molar-refractivity contribution in [3.8, 4) is 11.5 Å². The van der Waals surface area contributed by atoms with E-state index in [0.29, 0.717) is 28.9 Å². The Morgan fingerprint density at radius 3 is 2.52 bits per heavy atom. The molecule has 0 aromatic heterocycles. The Labute approximate surface area is 130 Å². The van der Waals surface area contributed by atoms with Crippen LogP contribution in [0.1, 0.15) is 32.3 Å². The van der Waals surface area contributed by atoms with E-state index in [1.54, 1.807) is 14.2 Å². The van der Waals surface area contributed by atoms with Gasteiger partial charge in [0.25, 0.3) is 0 Å². The average Bonchev–Trinajstić information content (AvgIpc) is 2.80. The first-order valence-corrected chi connectivity index (χ1v) is 7.51. The maximum absolute atomic E-state index is 11.7. The first-order valence-electron chi connectivity index (χ1n) is 7.13. The van der Waals surface area contributed by atoms with Crippen LogP contribution in [0.3, 0.4) is 0 Å². The van der Waals surface area contributed by atoms with Crippen molar-refractivity contribution >= 4 is 17.5 Å². The third kappa shape index (κ3) is 3.10. The van der Waals surface area contributed by atoms with Crippen LogP contribution in [-0.2, 0) is 11.2 Å². The Hall–Kier alpha value is -1.42. The second kappa shape index (κ2) is 6.14. The van der Waals surface area contributed by atoms with E-state index in [1.807, 2.05) is 12.1 Å². The van der Waals surface area contributed by atoms with Gasteiger partial charge < -0.3 is 14.8 Å². The van der Waals surface area contributed by atoms with Crippen molar-refractivity contribution in [3.63, 3.8) is 0 Å². The Balaban J connectivity index is 2.34. The minimum atomic E-state index is -0.208. The van der Waals surface area contributed by atoms with Crippen molar-refractivity contribution in [2.45, 2.75) is 38.6 Å². The number of hydrogen-bond acceptors (Lipinski definition) is 3. The van der Waals surface area contributed by atoms with Crippen molar-refractivity contribution in [3.05, 3.63) is 22.7 Å². The van der Waals surface area contributed by atoms with Crippen molar-refractivity contribution in [2.75, 3.05) is 14.2 Å². The number of hydrogen-bond donors (Lipinski definition) is 1. The lowest BCUT2D eigenvalue weighted by molar-refractivity contribution is -0.120. The van der Waals surface area contributed by atoms with Crippen LogP contribution in [-0.4, -0.2) is 25.7 Å². The fraction of sp³-hybridized carbons (Fsp3) is 0.562. The summed E-state index contributed by atoms with van der Waals surface area (Å²) in [4.78, 5) is 11.7. The first kappa shape index (κ1) is 16.0. The fourth-order valence-electron chi connectivity index (χ4n) is 2.95. The molecule has 1 heterocycles. The molecule has 1 unspecified atom stereocenters. The zero-order valence-corrected chi connectivity index (χ0v) is 13.7. The van der Waals surface area contributed by atoms with Gasteiger partial charge in [0.05, 0.1) is 19.2 Å². The molecule has 1 fully saturated rings. The molecule has 1 aromatic carbocycles. The van der Waals surface area contributed by atoms with E-state index < -0.39 is 0 Å². The van der Waals surface area contributed by atoms with Gasteiger partial charge in [0.1, 0.15) is 0 Å². The van der Waals surface area contributed by atoms with Crippen LogP contribution in [0.4, 0.5) is 0 Å². The van der Waals surface area contributed by atoms with Crippen molar-refractivity contribution in [1.29, 1.82) is 0 Å². The van der Waals surface area contributed by atoms with Crippen LogP contribution < -0.4 is 14.8 Å². The molecular formula is C16H22ClNO3. The summed E-state index contributed by atoms with van der Waals surface area (Å²) in [5.74, 6) is 1.62. The molecule has 116 valence electrons. The van der Waals surface area contributed by atoms with Crippen molar-refractivity contribution in [2.24, 2.45) is 5.92 Å². The zero-order chi connectivity index (χ0) is 15.6. The van der Waals surface area contributed by atoms with Crippen LogP contribution in [0.5, 0.6) is 11.5 Å². The molecule has 2 rings (SSSR count). The van der Waals surface area contributed by atoms with Gasteiger partial charge in [0, 0.05) is 12.0 Å². The predicted octanol–water partition coefficient (Wildman–Crippen LogP) is 3.20. The third-order valence-electron chi connectivity index (χ3n) is 4.30. The van der Waals surface area contributed by atoms with Gasteiger partial charge >= 0.3 is 0 Å². The highest BCUT2D eigenvalue weighted by Gasteiger charge is 2.40. The van der Waals surface area contributed by atoms with E-state index in [0.717, 1.165) is 18.4 Å². The minimum absolute atomic E-state index is 0.121. The van der Waals surface area contributed by atoms with Gasteiger partial charge in [-0.15, -0.1) is 0 Å². The average molecular weight is 312 g/mol. The number of benzene rings is 1. The molecule has 0 bridgehead atoms. The number of carbonyl (C=O) groups excluding carboxylic acids is 1. The number of ether oxygens (including phenoxy) is 2. The van der Waals surface area contributed by atoms with E-state index in [9.17, 15) is 4.79 Å². The molecule has 1 aliphatic heterocycles. The molecule has 1 aromatic rings. The van der Waals surface area contributed by atoms with Gasteiger partial charge in [0.15, 0.2) is 11.5 Å². The minimum Gasteiger partial charge on any atom is -0.493 e. The van der Waals surface area contributed by atoms with Crippen LogP contribution in [0.25, 0.3) is 0 Å². The summed E-state index contributed by atoms with van der Waals surface area (Å²) in [6.45, 7) is 4.27. The summed E-state index contributed by atoms with van der Waals surface area (Å²) in [7, 11) is 3.16. The molecular weight excluding hydrogens is 290 g/mol. The Morgan fingerprint density at radius 1 is 1.33 bits per heavy atom. The molecule has 4 nitrogen and oxygen atoms in total. The molecule has 5 heteroatoms. The van der Waals surface area contributed by atoms with Crippen molar-refractivity contribution < 1.29 is 14.3 Å². The fourth-order valence-corrected chi connectivity index (χ4v) is 3.26. The summed E-state index contributed by atoms with van der Waals surface area (Å²) in [5, 5.41) is 3.67. The number of rotatable bonds is 5. The second-order valence-corrected chi connectivity index (χ2v) is 6.26. The molecule has 21 heavy (non-hydrogen) atoms. The van der Waals surface area contributed by atoms with E-state index in [-0.39, 0.29) is 11.4 Å². The molecule has 1 amide bonds. The Bertz CT molecular complexity index is 545. The Kier molecular flexibility index (Phi) is 4.67. The number of methoxy groups -OCH3 is 2. The molecule has 1 aliphatic rings. The van der Waals surface area contributed by atoms with Gasteiger partial charge in [-0.05, 0) is 36.5 Å². The molecule has 0 aliphatic carbocycles. The van der Waals surface area contributed by atoms with Gasteiger partial charge in [-0.2, -0.15) is 0 Å². The molecule has 0 saturated carbocycles. The Morgan fingerprint density at radius 2 is 2.05 bits per heavy atom. The summed E-state index contributed by atoms with van der Waals surface area (Å²) < 4.78 is 10.6. The van der Waals surface area contributed by atoms with Crippen LogP contribution in [0.2, 0.25) is 5.02 Å². The normalized spacial score (nSPS) is 21.5. The lowest BCUT2D eigenvalue weighted by Crippen LogP contribution is -2.48. The van der Waals surface area contributed by atoms with Gasteiger partial charge in [-0.1, -0.05) is 25.4 Å². The number of nitrogens with one attached hydrogen (secondary N) is 1. The van der Waals surface area contributed by atoms with E-state index >= 15 is 0 Å². The highest BCUT2D eigenvalue weighted by molar-refractivity contribution is 6.32. The topological polar surface area (TPSA) is 47.6 Å². The van der Waals surface area contributed by atoms with E-state index in [1.165, 1.54) is 0 Å². The van der Waals surface area contributed by atoms with Gasteiger partial charge in [-0.25, -0.2) is 0 Å². The second-order valence-electron chi connectivity index (χ2n) is 5.85. The molecule has 0 radical (unpaired) electrons. The number of amides is 1. The number of carbonyl (C=O) groups is 1. The number of halogens is 1. The SMILES string of the molecule is COc1cc(CC2(C(C)C)CCC(=O)N2)cc(Cl)c1OC. The lowest BCUT2D eigenvalue weighted by Gasteiger charge is -2.34. The van der Waals surface area contributed by atoms with Crippen LogP contribution in [0.15, 0.2) is 12.1 Å². The third-order valence-corrected chi connectivity index (χ3v) is 4.59. The van der Waals surface area contributed by atoms with E-state index in [4.69, 9.17) is 21.1 Å². The lowest BCUT2D eigenvalue weighted by atomic mass is 9.80. The standard InChI is InChI=1S/C16H22ClNO3/c1-10(2)16(6-5-14(19)18-16)9-11-7-12(17)15(21-4)13(8-11)20-3/h7-8,10H,5-6,9H2,1-4H3,(H,18,19). The van der Waals surface area contributed by atoms with E-state index in [2.05, 4.69) is 19.2 Å².